The number of carbonyl (C=O) groups is 2. The second-order valence-corrected chi connectivity index (χ2v) is 4.40. The van der Waals surface area contributed by atoms with Gasteiger partial charge in [0.25, 0.3) is 0 Å². The van der Waals surface area contributed by atoms with Crippen LogP contribution in [-0.2, 0) is 14.3 Å². The van der Waals surface area contributed by atoms with E-state index in [0.29, 0.717) is 16.1 Å². The van der Waals surface area contributed by atoms with Crippen molar-refractivity contribution in [2.45, 2.75) is 6.92 Å². The fourth-order valence-electron chi connectivity index (χ4n) is 1.28. The molecule has 0 bridgehead atoms. The van der Waals surface area contributed by atoms with Gasteiger partial charge in [0.15, 0.2) is 0 Å². The molecule has 0 radical (unpaired) electrons. The zero-order valence-electron chi connectivity index (χ0n) is 10.2. The summed E-state index contributed by atoms with van der Waals surface area (Å²) in [5.41, 5.74) is 0.979. The molecule has 0 aliphatic rings. The number of hydrogen-bond acceptors (Lipinski definition) is 4. The molecule has 1 rings (SSSR count). The minimum Gasteiger partial charge on any atom is -0.459 e. The van der Waals surface area contributed by atoms with E-state index in [9.17, 15) is 9.59 Å². The normalized spacial score (nSPS) is 9.84. The molecule has 102 valence electrons. The van der Waals surface area contributed by atoms with E-state index in [2.05, 4.69) is 11.3 Å². The van der Waals surface area contributed by atoms with Gasteiger partial charge in [-0.05, 0) is 24.6 Å². The van der Waals surface area contributed by atoms with Gasteiger partial charge in [-0.25, -0.2) is 9.59 Å². The predicted molar refractivity (Wildman–Crippen MR) is 72.6 cm³/mol. The smallest absolute Gasteiger partial charge is 0.338 e. The maximum absolute atomic E-state index is 11.8. The quantitative estimate of drug-likeness (QED) is 0.476. The van der Waals surface area contributed by atoms with Gasteiger partial charge < -0.3 is 9.47 Å². The summed E-state index contributed by atoms with van der Waals surface area (Å²) < 4.78 is 9.62. The van der Waals surface area contributed by atoms with Crippen LogP contribution in [0.2, 0.25) is 10.0 Å². The number of halogens is 2. The summed E-state index contributed by atoms with van der Waals surface area (Å²) in [5, 5.41) is 0.646. The fraction of sp³-hybridized carbons (Fsp3) is 0.231. The van der Waals surface area contributed by atoms with Crippen molar-refractivity contribution in [3.63, 3.8) is 0 Å². The lowest BCUT2D eigenvalue weighted by molar-refractivity contribution is -0.138. The summed E-state index contributed by atoms with van der Waals surface area (Å²) >= 11 is 11.6. The molecule has 0 unspecified atom stereocenters. The molecule has 1 aromatic rings. The third kappa shape index (κ3) is 4.58. The van der Waals surface area contributed by atoms with Crippen LogP contribution in [0, 0.1) is 6.92 Å². The molecule has 0 aromatic heterocycles. The highest BCUT2D eigenvalue weighted by Gasteiger charge is 2.13. The molecule has 4 nitrogen and oxygen atoms in total. The summed E-state index contributed by atoms with van der Waals surface area (Å²) in [6.45, 7) is 4.89. The first-order chi connectivity index (χ1) is 8.95. The number of carbonyl (C=O) groups excluding carboxylic acids is 2. The highest BCUT2D eigenvalue weighted by atomic mass is 35.5. The molecular formula is C13H12Cl2O4. The summed E-state index contributed by atoms with van der Waals surface area (Å²) in [6.07, 6.45) is 1.03. The second kappa shape index (κ2) is 7.16. The summed E-state index contributed by atoms with van der Waals surface area (Å²) in [7, 11) is 0. The number of aryl methyl sites for hydroxylation is 1. The van der Waals surface area contributed by atoms with Gasteiger partial charge in [-0.2, -0.15) is 0 Å². The molecule has 1 aromatic carbocycles. The molecule has 0 fully saturated rings. The van der Waals surface area contributed by atoms with Gasteiger partial charge in [0.1, 0.15) is 13.2 Å². The lowest BCUT2D eigenvalue weighted by atomic mass is 10.1. The molecule has 0 N–H and O–H groups in total. The average molecular weight is 303 g/mol. The van der Waals surface area contributed by atoms with Crippen LogP contribution in [0.4, 0.5) is 0 Å². The van der Waals surface area contributed by atoms with E-state index in [1.807, 2.05) is 0 Å². The first-order valence-corrected chi connectivity index (χ1v) is 6.13. The zero-order valence-corrected chi connectivity index (χ0v) is 11.8. The summed E-state index contributed by atoms with van der Waals surface area (Å²) in [6, 6.07) is 3.02. The van der Waals surface area contributed by atoms with Crippen molar-refractivity contribution >= 4 is 35.1 Å². The van der Waals surface area contributed by atoms with Crippen molar-refractivity contribution in [1.82, 2.24) is 0 Å². The van der Waals surface area contributed by atoms with Crippen molar-refractivity contribution < 1.29 is 19.1 Å². The van der Waals surface area contributed by atoms with E-state index in [4.69, 9.17) is 27.9 Å². The van der Waals surface area contributed by atoms with Gasteiger partial charge in [-0.1, -0.05) is 29.8 Å². The third-order valence-electron chi connectivity index (χ3n) is 2.21. The lowest BCUT2D eigenvalue weighted by Gasteiger charge is -2.08. The number of esters is 2. The number of ether oxygens (including phenoxy) is 2. The van der Waals surface area contributed by atoms with Crippen LogP contribution in [-0.4, -0.2) is 25.2 Å². The second-order valence-electron chi connectivity index (χ2n) is 3.59. The van der Waals surface area contributed by atoms with Crippen LogP contribution in [0.5, 0.6) is 0 Å². The molecular weight excluding hydrogens is 291 g/mol. The highest BCUT2D eigenvalue weighted by Crippen LogP contribution is 2.25. The van der Waals surface area contributed by atoms with E-state index in [1.165, 1.54) is 6.07 Å². The standard InChI is InChI=1S/C13H12Cl2O4/c1-3-12(16)18-4-5-19-13(17)9-7-11(15)10(14)6-8(9)2/h3,6-7H,1,4-5H2,2H3. The van der Waals surface area contributed by atoms with Crippen molar-refractivity contribution in [2.24, 2.45) is 0 Å². The van der Waals surface area contributed by atoms with E-state index >= 15 is 0 Å². The van der Waals surface area contributed by atoms with Gasteiger partial charge in [-0.3, -0.25) is 0 Å². The average Bonchev–Trinajstić information content (AvgIpc) is 2.38. The molecule has 0 heterocycles. The van der Waals surface area contributed by atoms with Crippen LogP contribution in [0.25, 0.3) is 0 Å². The Balaban J connectivity index is 2.57. The molecule has 19 heavy (non-hydrogen) atoms. The minimum absolute atomic E-state index is 0.0308. The van der Waals surface area contributed by atoms with E-state index < -0.39 is 11.9 Å². The molecule has 0 aliphatic heterocycles. The fourth-order valence-corrected chi connectivity index (χ4v) is 1.66. The monoisotopic (exact) mass is 302 g/mol. The van der Waals surface area contributed by atoms with Crippen LogP contribution in [0.3, 0.4) is 0 Å². The molecule has 0 atom stereocenters. The topological polar surface area (TPSA) is 52.6 Å². The molecule has 6 heteroatoms. The van der Waals surface area contributed by atoms with Crippen molar-refractivity contribution in [2.75, 3.05) is 13.2 Å². The van der Waals surface area contributed by atoms with Gasteiger partial charge in [-0.15, -0.1) is 0 Å². The first-order valence-electron chi connectivity index (χ1n) is 5.37. The molecule has 0 saturated carbocycles. The Morgan fingerprint density at radius 2 is 1.79 bits per heavy atom. The highest BCUT2D eigenvalue weighted by molar-refractivity contribution is 6.42. The van der Waals surface area contributed by atoms with Crippen molar-refractivity contribution in [1.29, 1.82) is 0 Å². The van der Waals surface area contributed by atoms with Crippen molar-refractivity contribution in [3.8, 4) is 0 Å². The lowest BCUT2D eigenvalue weighted by Crippen LogP contribution is -2.13. The predicted octanol–water partition coefficient (Wildman–Crippen LogP) is 3.19. The van der Waals surface area contributed by atoms with Crippen LogP contribution >= 0.6 is 23.2 Å². The van der Waals surface area contributed by atoms with Crippen LogP contribution in [0.1, 0.15) is 15.9 Å². The maximum atomic E-state index is 11.8. The Kier molecular flexibility index (Phi) is 5.86. The van der Waals surface area contributed by atoms with Crippen LogP contribution in [0.15, 0.2) is 24.8 Å². The molecule has 0 aliphatic carbocycles. The Morgan fingerprint density at radius 1 is 1.21 bits per heavy atom. The Hall–Kier alpha value is -1.52. The number of rotatable bonds is 5. The van der Waals surface area contributed by atoms with Gasteiger partial charge in [0.05, 0.1) is 15.6 Å². The summed E-state index contributed by atoms with van der Waals surface area (Å²) in [5.74, 6) is -1.12. The van der Waals surface area contributed by atoms with E-state index in [-0.39, 0.29) is 18.2 Å². The van der Waals surface area contributed by atoms with E-state index in [0.717, 1.165) is 6.08 Å². The first kappa shape index (κ1) is 15.5. The molecule has 0 amide bonds. The maximum Gasteiger partial charge on any atom is 0.338 e. The van der Waals surface area contributed by atoms with Crippen molar-refractivity contribution in [3.05, 3.63) is 46.0 Å². The summed E-state index contributed by atoms with van der Waals surface area (Å²) in [4.78, 5) is 22.5. The van der Waals surface area contributed by atoms with Gasteiger partial charge in [0.2, 0.25) is 0 Å². The largest absolute Gasteiger partial charge is 0.459 e. The van der Waals surface area contributed by atoms with Gasteiger partial charge >= 0.3 is 11.9 Å². The number of hydrogen-bond donors (Lipinski definition) is 0. The Labute approximate surface area is 120 Å². The SMILES string of the molecule is C=CC(=O)OCCOC(=O)c1cc(Cl)c(Cl)cc1C. The third-order valence-corrected chi connectivity index (χ3v) is 2.94. The molecule has 0 saturated heterocycles. The Morgan fingerprint density at radius 3 is 2.42 bits per heavy atom. The molecule has 0 spiro atoms. The minimum atomic E-state index is -0.568. The van der Waals surface area contributed by atoms with Gasteiger partial charge in [0, 0.05) is 6.08 Å². The zero-order chi connectivity index (χ0) is 14.4. The Bertz CT molecular complexity index is 512. The van der Waals surface area contributed by atoms with Crippen LogP contribution < -0.4 is 0 Å². The van der Waals surface area contributed by atoms with E-state index in [1.54, 1.807) is 13.0 Å². The number of benzene rings is 1.